The van der Waals surface area contributed by atoms with Crippen molar-refractivity contribution in [3.05, 3.63) is 46.3 Å². The summed E-state index contributed by atoms with van der Waals surface area (Å²) in [5.74, 6) is 0.694. The first kappa shape index (κ1) is 15.8. The molecular weight excluding hydrogens is 286 g/mol. The van der Waals surface area contributed by atoms with Gasteiger partial charge in [-0.1, -0.05) is 24.6 Å². The van der Waals surface area contributed by atoms with Gasteiger partial charge in [0.1, 0.15) is 6.54 Å². The minimum absolute atomic E-state index is 0.0204. The summed E-state index contributed by atoms with van der Waals surface area (Å²) in [6.45, 7) is 8.68. The molecule has 0 spiro atoms. The minimum atomic E-state index is -0.0204. The van der Waals surface area contributed by atoms with Crippen LogP contribution in [0.4, 0.5) is 5.69 Å². The number of anilines is 1. The summed E-state index contributed by atoms with van der Waals surface area (Å²) in [4.78, 5) is 12.4. The molecule has 1 heterocycles. The Morgan fingerprint density at radius 2 is 2.00 bits per heavy atom. The van der Waals surface area contributed by atoms with Crippen LogP contribution in [-0.4, -0.2) is 15.7 Å². The van der Waals surface area contributed by atoms with Gasteiger partial charge >= 0.3 is 0 Å². The first-order valence-electron chi connectivity index (χ1n) is 8.35. The molecule has 0 saturated heterocycles. The van der Waals surface area contributed by atoms with Gasteiger partial charge in [-0.3, -0.25) is 9.48 Å². The SMILES string of the molecule is Cc1cc(C)c(NC(=O)Cn2cc3c(n2)CC[C@H](C)C3)c(C)c1. The van der Waals surface area contributed by atoms with Crippen LogP contribution in [0, 0.1) is 26.7 Å². The number of aromatic nitrogens is 2. The van der Waals surface area contributed by atoms with Crippen molar-refractivity contribution in [1.29, 1.82) is 0 Å². The summed E-state index contributed by atoms with van der Waals surface area (Å²) in [5.41, 5.74) is 6.81. The second-order valence-electron chi connectivity index (χ2n) is 6.97. The van der Waals surface area contributed by atoms with E-state index >= 15 is 0 Å². The Morgan fingerprint density at radius 1 is 1.30 bits per heavy atom. The fourth-order valence-corrected chi connectivity index (χ4v) is 3.53. The number of aryl methyl sites for hydroxylation is 4. The molecule has 4 heteroatoms. The van der Waals surface area contributed by atoms with Crippen molar-refractivity contribution in [2.75, 3.05) is 5.32 Å². The number of nitrogens with one attached hydrogen (secondary N) is 1. The summed E-state index contributed by atoms with van der Waals surface area (Å²) < 4.78 is 1.79. The van der Waals surface area contributed by atoms with Gasteiger partial charge in [-0.05, 0) is 62.6 Å². The van der Waals surface area contributed by atoms with E-state index in [-0.39, 0.29) is 12.5 Å². The van der Waals surface area contributed by atoms with Gasteiger partial charge in [-0.2, -0.15) is 5.10 Å². The smallest absolute Gasteiger partial charge is 0.246 e. The number of nitrogens with zero attached hydrogens (tertiary/aromatic N) is 2. The maximum absolute atomic E-state index is 12.4. The first-order valence-corrected chi connectivity index (χ1v) is 8.35. The maximum Gasteiger partial charge on any atom is 0.246 e. The van der Waals surface area contributed by atoms with Gasteiger partial charge in [-0.15, -0.1) is 0 Å². The Bertz CT molecular complexity index is 722. The zero-order valence-corrected chi connectivity index (χ0v) is 14.4. The van der Waals surface area contributed by atoms with Crippen LogP contribution in [-0.2, 0) is 24.2 Å². The van der Waals surface area contributed by atoms with Gasteiger partial charge < -0.3 is 5.32 Å². The lowest BCUT2D eigenvalue weighted by Gasteiger charge is -2.15. The molecule has 1 aromatic heterocycles. The summed E-state index contributed by atoms with van der Waals surface area (Å²) in [6, 6.07) is 4.19. The molecule has 1 N–H and O–H groups in total. The summed E-state index contributed by atoms with van der Waals surface area (Å²) >= 11 is 0. The topological polar surface area (TPSA) is 46.9 Å². The van der Waals surface area contributed by atoms with Gasteiger partial charge in [0.25, 0.3) is 0 Å². The molecule has 0 saturated carbocycles. The molecule has 1 amide bonds. The predicted octanol–water partition coefficient (Wildman–Crippen LogP) is 3.57. The van der Waals surface area contributed by atoms with Crippen LogP contribution in [0.3, 0.4) is 0 Å². The van der Waals surface area contributed by atoms with Gasteiger partial charge in [0.05, 0.1) is 5.69 Å². The Kier molecular flexibility index (Phi) is 4.24. The van der Waals surface area contributed by atoms with E-state index in [2.05, 4.69) is 36.4 Å². The number of rotatable bonds is 3. The monoisotopic (exact) mass is 311 g/mol. The molecule has 2 aromatic rings. The van der Waals surface area contributed by atoms with E-state index in [1.54, 1.807) is 4.68 Å². The van der Waals surface area contributed by atoms with Gasteiger partial charge in [-0.25, -0.2) is 0 Å². The number of benzene rings is 1. The van der Waals surface area contributed by atoms with Gasteiger partial charge in [0, 0.05) is 11.9 Å². The summed E-state index contributed by atoms with van der Waals surface area (Å²) in [7, 11) is 0. The van der Waals surface area contributed by atoms with E-state index < -0.39 is 0 Å². The number of amides is 1. The van der Waals surface area contributed by atoms with Crippen molar-refractivity contribution in [2.45, 2.75) is 53.5 Å². The molecule has 1 atom stereocenters. The average molecular weight is 311 g/mol. The fraction of sp³-hybridized carbons (Fsp3) is 0.474. The third-order valence-corrected chi connectivity index (χ3v) is 4.61. The molecule has 4 nitrogen and oxygen atoms in total. The van der Waals surface area contributed by atoms with Crippen molar-refractivity contribution in [2.24, 2.45) is 5.92 Å². The summed E-state index contributed by atoms with van der Waals surface area (Å²) in [6.07, 6.45) is 5.34. The van der Waals surface area contributed by atoms with Crippen LogP contribution in [0.15, 0.2) is 18.3 Å². The number of carbonyl (C=O) groups is 1. The van der Waals surface area contributed by atoms with Crippen LogP contribution in [0.5, 0.6) is 0 Å². The van der Waals surface area contributed by atoms with E-state index in [4.69, 9.17) is 0 Å². The Morgan fingerprint density at radius 3 is 2.70 bits per heavy atom. The second kappa shape index (κ2) is 6.19. The van der Waals surface area contributed by atoms with Crippen LogP contribution in [0.25, 0.3) is 0 Å². The van der Waals surface area contributed by atoms with Crippen molar-refractivity contribution in [3.8, 4) is 0 Å². The third kappa shape index (κ3) is 3.46. The Labute approximate surface area is 137 Å². The lowest BCUT2D eigenvalue weighted by atomic mass is 9.89. The van der Waals surface area contributed by atoms with Crippen molar-refractivity contribution >= 4 is 11.6 Å². The lowest BCUT2D eigenvalue weighted by molar-refractivity contribution is -0.116. The highest BCUT2D eigenvalue weighted by Gasteiger charge is 2.19. The molecule has 1 aliphatic carbocycles. The third-order valence-electron chi connectivity index (χ3n) is 4.61. The van der Waals surface area contributed by atoms with Gasteiger partial charge in [0.2, 0.25) is 5.91 Å². The van der Waals surface area contributed by atoms with E-state index in [9.17, 15) is 4.79 Å². The molecular formula is C19H25N3O. The fourth-order valence-electron chi connectivity index (χ4n) is 3.53. The molecule has 0 radical (unpaired) electrons. The highest BCUT2D eigenvalue weighted by Crippen LogP contribution is 2.24. The molecule has 0 aliphatic heterocycles. The number of hydrogen-bond acceptors (Lipinski definition) is 2. The van der Waals surface area contributed by atoms with Crippen molar-refractivity contribution < 1.29 is 4.79 Å². The van der Waals surface area contributed by atoms with E-state index in [1.807, 2.05) is 20.0 Å². The standard InChI is InChI=1S/C19H25N3O/c1-12-5-6-17-16(9-12)10-22(21-17)11-18(23)20-19-14(3)7-13(2)8-15(19)4/h7-8,10,12H,5-6,9,11H2,1-4H3,(H,20,23)/t12-/m0/s1. The highest BCUT2D eigenvalue weighted by atomic mass is 16.2. The zero-order chi connectivity index (χ0) is 16.6. The molecule has 0 bridgehead atoms. The largest absolute Gasteiger partial charge is 0.324 e. The van der Waals surface area contributed by atoms with Crippen LogP contribution >= 0.6 is 0 Å². The van der Waals surface area contributed by atoms with Crippen molar-refractivity contribution in [3.63, 3.8) is 0 Å². The molecule has 122 valence electrons. The predicted molar refractivity (Wildman–Crippen MR) is 92.7 cm³/mol. The second-order valence-corrected chi connectivity index (χ2v) is 6.97. The van der Waals surface area contributed by atoms with E-state index in [0.717, 1.165) is 29.7 Å². The number of fused-ring (bicyclic) bond motifs is 1. The molecule has 0 fully saturated rings. The Balaban J connectivity index is 1.71. The molecule has 23 heavy (non-hydrogen) atoms. The minimum Gasteiger partial charge on any atom is -0.324 e. The zero-order valence-electron chi connectivity index (χ0n) is 14.4. The molecule has 0 unspecified atom stereocenters. The number of hydrogen-bond donors (Lipinski definition) is 1. The Hall–Kier alpha value is -2.10. The molecule has 1 aromatic carbocycles. The quantitative estimate of drug-likeness (QED) is 0.942. The summed E-state index contributed by atoms with van der Waals surface area (Å²) in [5, 5.41) is 7.63. The normalized spacial score (nSPS) is 17.0. The van der Waals surface area contributed by atoms with Crippen LogP contribution in [0.1, 0.15) is 41.3 Å². The lowest BCUT2D eigenvalue weighted by Crippen LogP contribution is -2.20. The van der Waals surface area contributed by atoms with Crippen LogP contribution < -0.4 is 5.32 Å². The maximum atomic E-state index is 12.4. The van der Waals surface area contributed by atoms with E-state index in [1.165, 1.54) is 23.2 Å². The molecule has 3 rings (SSSR count). The van der Waals surface area contributed by atoms with E-state index in [0.29, 0.717) is 5.92 Å². The number of carbonyl (C=O) groups excluding carboxylic acids is 1. The first-order chi connectivity index (χ1) is 10.9. The van der Waals surface area contributed by atoms with Gasteiger partial charge in [0.15, 0.2) is 0 Å². The average Bonchev–Trinajstić information content (AvgIpc) is 2.84. The molecule has 1 aliphatic rings. The van der Waals surface area contributed by atoms with Crippen molar-refractivity contribution in [1.82, 2.24) is 9.78 Å². The highest BCUT2D eigenvalue weighted by molar-refractivity contribution is 5.92. The van der Waals surface area contributed by atoms with Crippen LogP contribution in [0.2, 0.25) is 0 Å².